The van der Waals surface area contributed by atoms with Gasteiger partial charge in [-0.15, -0.1) is 0 Å². The van der Waals surface area contributed by atoms with Crippen molar-refractivity contribution in [1.82, 2.24) is 4.98 Å². The maximum Gasteiger partial charge on any atom is 0.259 e. The number of anilines is 2. The lowest BCUT2D eigenvalue weighted by atomic mass is 10.2. The maximum atomic E-state index is 13.5. The van der Waals surface area contributed by atoms with Gasteiger partial charge in [0.1, 0.15) is 17.3 Å². The molecule has 1 heterocycles. The number of aromatic nitrogens is 1. The molecule has 2 aromatic rings. The van der Waals surface area contributed by atoms with Gasteiger partial charge in [-0.1, -0.05) is 0 Å². The monoisotopic (exact) mass is 295 g/mol. The Morgan fingerprint density at radius 1 is 1.24 bits per heavy atom. The van der Waals surface area contributed by atoms with Crippen LogP contribution in [0.15, 0.2) is 30.5 Å². The number of rotatable bonds is 4. The van der Waals surface area contributed by atoms with E-state index in [4.69, 9.17) is 0 Å². The van der Waals surface area contributed by atoms with Gasteiger partial charge in [0.05, 0.1) is 5.56 Å². The second kappa shape index (κ2) is 6.25. The van der Waals surface area contributed by atoms with E-state index in [1.807, 2.05) is 6.92 Å². The lowest BCUT2D eigenvalue weighted by Gasteiger charge is -2.11. The van der Waals surface area contributed by atoms with Crippen LogP contribution in [0.25, 0.3) is 0 Å². The third-order valence-electron chi connectivity index (χ3n) is 2.64. The van der Waals surface area contributed by atoms with Crippen LogP contribution in [0, 0.1) is 17.5 Å². The molecule has 21 heavy (non-hydrogen) atoms. The quantitative estimate of drug-likeness (QED) is 0.911. The molecule has 0 saturated heterocycles. The number of hydrogen-bond acceptors (Lipinski definition) is 3. The Labute approximate surface area is 119 Å². The third kappa shape index (κ3) is 3.31. The van der Waals surface area contributed by atoms with Gasteiger partial charge in [-0.25, -0.2) is 18.2 Å². The van der Waals surface area contributed by atoms with Crippen LogP contribution in [0.1, 0.15) is 17.3 Å². The van der Waals surface area contributed by atoms with Crippen LogP contribution in [-0.4, -0.2) is 17.4 Å². The maximum absolute atomic E-state index is 13.5. The first-order chi connectivity index (χ1) is 10.0. The van der Waals surface area contributed by atoms with E-state index in [1.165, 1.54) is 18.3 Å². The number of halogens is 3. The zero-order chi connectivity index (χ0) is 15.4. The largest absolute Gasteiger partial charge is 0.370 e. The first kappa shape index (κ1) is 14.8. The Hall–Kier alpha value is -2.57. The van der Waals surface area contributed by atoms with Crippen LogP contribution in [-0.2, 0) is 0 Å². The van der Waals surface area contributed by atoms with Crippen molar-refractivity contribution < 1.29 is 18.0 Å². The fourth-order valence-corrected chi connectivity index (χ4v) is 1.74. The van der Waals surface area contributed by atoms with Crippen molar-refractivity contribution in [3.8, 4) is 0 Å². The smallest absolute Gasteiger partial charge is 0.259 e. The zero-order valence-corrected chi connectivity index (χ0v) is 11.1. The van der Waals surface area contributed by atoms with Crippen LogP contribution >= 0.6 is 0 Å². The highest BCUT2D eigenvalue weighted by Gasteiger charge is 2.17. The summed E-state index contributed by atoms with van der Waals surface area (Å²) < 4.78 is 39.8. The molecule has 2 N–H and O–H groups in total. The Kier molecular flexibility index (Phi) is 4.42. The summed E-state index contributed by atoms with van der Waals surface area (Å²) in [5.74, 6) is -3.88. The molecule has 1 aromatic carbocycles. The number of amides is 1. The van der Waals surface area contributed by atoms with E-state index in [9.17, 15) is 18.0 Å². The molecule has 0 unspecified atom stereocenters. The van der Waals surface area contributed by atoms with Gasteiger partial charge >= 0.3 is 0 Å². The number of nitrogens with zero attached hydrogens (tertiary/aromatic N) is 1. The van der Waals surface area contributed by atoms with Crippen molar-refractivity contribution in [2.75, 3.05) is 17.2 Å². The lowest BCUT2D eigenvalue weighted by molar-refractivity contribution is 0.102. The molecule has 0 aliphatic rings. The van der Waals surface area contributed by atoms with Crippen molar-refractivity contribution in [2.24, 2.45) is 0 Å². The summed E-state index contributed by atoms with van der Waals surface area (Å²) in [5, 5.41) is 4.95. The Balaban J connectivity index is 2.31. The van der Waals surface area contributed by atoms with Crippen LogP contribution in [0.4, 0.5) is 24.7 Å². The summed E-state index contributed by atoms with van der Waals surface area (Å²) in [6.07, 6.45) is 1.48. The molecular formula is C14H12F3N3O. The molecule has 0 spiro atoms. The van der Waals surface area contributed by atoms with E-state index in [-0.39, 0.29) is 5.56 Å². The second-order valence-corrected chi connectivity index (χ2v) is 4.13. The Bertz CT molecular complexity index is 653. The van der Waals surface area contributed by atoms with Crippen molar-refractivity contribution in [1.29, 1.82) is 0 Å². The van der Waals surface area contributed by atoms with Gasteiger partial charge in [0.15, 0.2) is 11.6 Å². The molecule has 0 aliphatic carbocycles. The number of pyridine rings is 1. The van der Waals surface area contributed by atoms with Crippen molar-refractivity contribution >= 4 is 17.4 Å². The molecule has 0 atom stereocenters. The standard InChI is InChI=1S/C14H12F3N3O/c1-2-18-13-9(4-3-5-19-13)14(21)20-12-10(16)6-8(15)7-11(12)17/h3-7H,2H2,1H3,(H,18,19)(H,20,21). The summed E-state index contributed by atoms with van der Waals surface area (Å²) in [6.45, 7) is 2.34. The lowest BCUT2D eigenvalue weighted by Crippen LogP contribution is -2.17. The van der Waals surface area contributed by atoms with E-state index in [0.29, 0.717) is 24.5 Å². The van der Waals surface area contributed by atoms with E-state index < -0.39 is 29.0 Å². The molecule has 4 nitrogen and oxygen atoms in total. The Morgan fingerprint density at radius 3 is 2.52 bits per heavy atom. The summed E-state index contributed by atoms with van der Waals surface area (Å²) in [7, 11) is 0. The minimum atomic E-state index is -1.19. The molecule has 1 aromatic heterocycles. The fraction of sp³-hybridized carbons (Fsp3) is 0.143. The summed E-state index contributed by atoms with van der Waals surface area (Å²) in [4.78, 5) is 16.1. The number of hydrogen-bond donors (Lipinski definition) is 2. The molecule has 0 radical (unpaired) electrons. The number of carbonyl (C=O) groups is 1. The first-order valence-electron chi connectivity index (χ1n) is 6.17. The molecule has 2 rings (SSSR count). The van der Waals surface area contributed by atoms with Gasteiger partial charge in [0, 0.05) is 24.9 Å². The number of nitrogens with one attached hydrogen (secondary N) is 2. The van der Waals surface area contributed by atoms with Crippen LogP contribution < -0.4 is 10.6 Å². The van der Waals surface area contributed by atoms with Gasteiger partial charge in [0.2, 0.25) is 0 Å². The van der Waals surface area contributed by atoms with E-state index >= 15 is 0 Å². The SMILES string of the molecule is CCNc1ncccc1C(=O)Nc1c(F)cc(F)cc1F. The topological polar surface area (TPSA) is 54.0 Å². The molecule has 110 valence electrons. The normalized spacial score (nSPS) is 10.3. The van der Waals surface area contributed by atoms with Crippen LogP contribution in [0.2, 0.25) is 0 Å². The first-order valence-corrected chi connectivity index (χ1v) is 6.17. The molecule has 0 bridgehead atoms. The Morgan fingerprint density at radius 2 is 1.90 bits per heavy atom. The van der Waals surface area contributed by atoms with Gasteiger partial charge in [0.25, 0.3) is 5.91 Å². The van der Waals surface area contributed by atoms with Crippen LogP contribution in [0.5, 0.6) is 0 Å². The van der Waals surface area contributed by atoms with Gasteiger partial charge in [-0.05, 0) is 19.1 Å². The molecule has 0 aliphatic heterocycles. The molecule has 7 heteroatoms. The highest BCUT2D eigenvalue weighted by Crippen LogP contribution is 2.22. The van der Waals surface area contributed by atoms with Gasteiger partial charge in [-0.2, -0.15) is 0 Å². The summed E-state index contributed by atoms with van der Waals surface area (Å²) in [5.41, 5.74) is -0.574. The molecule has 0 saturated carbocycles. The molecule has 0 fully saturated rings. The predicted octanol–water partition coefficient (Wildman–Crippen LogP) is 3.18. The number of benzene rings is 1. The average Bonchev–Trinajstić information content (AvgIpc) is 2.43. The average molecular weight is 295 g/mol. The van der Waals surface area contributed by atoms with E-state index in [1.54, 1.807) is 0 Å². The minimum absolute atomic E-state index is 0.127. The number of carbonyl (C=O) groups excluding carboxylic acids is 1. The van der Waals surface area contributed by atoms with E-state index in [0.717, 1.165) is 0 Å². The zero-order valence-electron chi connectivity index (χ0n) is 11.1. The highest BCUT2D eigenvalue weighted by molar-refractivity contribution is 6.07. The molecule has 1 amide bonds. The van der Waals surface area contributed by atoms with Gasteiger partial charge < -0.3 is 10.6 Å². The molecular weight excluding hydrogens is 283 g/mol. The third-order valence-corrected chi connectivity index (χ3v) is 2.64. The van der Waals surface area contributed by atoms with Crippen molar-refractivity contribution in [3.63, 3.8) is 0 Å². The van der Waals surface area contributed by atoms with Gasteiger partial charge in [-0.3, -0.25) is 4.79 Å². The van der Waals surface area contributed by atoms with Crippen molar-refractivity contribution in [3.05, 3.63) is 53.5 Å². The second-order valence-electron chi connectivity index (χ2n) is 4.13. The van der Waals surface area contributed by atoms with Crippen LogP contribution in [0.3, 0.4) is 0 Å². The summed E-state index contributed by atoms with van der Waals surface area (Å²) in [6, 6.07) is 3.97. The predicted molar refractivity (Wildman–Crippen MR) is 72.7 cm³/mol. The highest BCUT2D eigenvalue weighted by atomic mass is 19.1. The van der Waals surface area contributed by atoms with E-state index in [2.05, 4.69) is 15.6 Å². The minimum Gasteiger partial charge on any atom is -0.370 e. The van der Waals surface area contributed by atoms with Crippen molar-refractivity contribution in [2.45, 2.75) is 6.92 Å². The fourth-order valence-electron chi connectivity index (χ4n) is 1.74. The summed E-state index contributed by atoms with van der Waals surface area (Å²) >= 11 is 0.